The molecule has 3 rings (SSSR count). The number of hydrogen-bond acceptors (Lipinski definition) is 3. The summed E-state index contributed by atoms with van der Waals surface area (Å²) in [5.41, 5.74) is 0.749. The monoisotopic (exact) mass is 358 g/mol. The van der Waals surface area contributed by atoms with Crippen LogP contribution in [0.3, 0.4) is 0 Å². The molecule has 1 aromatic carbocycles. The van der Waals surface area contributed by atoms with Crippen LogP contribution in [0.4, 0.5) is 5.69 Å². The van der Waals surface area contributed by atoms with E-state index in [1.54, 1.807) is 0 Å². The number of carbonyl (C=O) groups excluding carboxylic acids is 1. The fourth-order valence-electron chi connectivity index (χ4n) is 4.11. The second kappa shape index (κ2) is 8.92. The smallest absolute Gasteiger partial charge is 0.221 e. The van der Waals surface area contributed by atoms with Crippen LogP contribution >= 0.6 is 0 Å². The molecule has 2 unspecified atom stereocenters. The average Bonchev–Trinajstić information content (AvgIpc) is 3.05. The molecular formula is C20H30N4O2. The molecule has 0 spiro atoms. The third kappa shape index (κ3) is 4.90. The topological polar surface area (TPSA) is 66.0 Å². The van der Waals surface area contributed by atoms with Gasteiger partial charge in [0.2, 0.25) is 5.91 Å². The molecule has 6 heteroatoms. The van der Waals surface area contributed by atoms with E-state index >= 15 is 0 Å². The third-order valence-electron chi connectivity index (χ3n) is 5.30. The van der Waals surface area contributed by atoms with Crippen LogP contribution in [0.5, 0.6) is 5.75 Å². The largest absolute Gasteiger partial charge is 0.492 e. The van der Waals surface area contributed by atoms with Crippen molar-refractivity contribution in [2.24, 2.45) is 16.8 Å². The van der Waals surface area contributed by atoms with Crippen molar-refractivity contribution >= 4 is 17.6 Å². The van der Waals surface area contributed by atoms with Gasteiger partial charge >= 0.3 is 0 Å². The summed E-state index contributed by atoms with van der Waals surface area (Å²) >= 11 is 0. The number of hydrogen-bond donors (Lipinski definition) is 2. The molecule has 142 valence electrons. The summed E-state index contributed by atoms with van der Waals surface area (Å²) in [7, 11) is 1.85. The second-order valence-corrected chi connectivity index (χ2v) is 7.24. The highest BCUT2D eigenvalue weighted by atomic mass is 16.5. The molecule has 0 radical (unpaired) electrons. The quantitative estimate of drug-likeness (QED) is 0.483. The molecule has 1 aliphatic carbocycles. The SMILES string of the molecule is CN=C(NCCOc1cccc(NC(C)=O)c1)N1CC2CCCCC2C1. The van der Waals surface area contributed by atoms with Gasteiger partial charge in [-0.3, -0.25) is 9.79 Å². The van der Waals surface area contributed by atoms with Crippen molar-refractivity contribution in [2.75, 3.05) is 38.6 Å². The summed E-state index contributed by atoms with van der Waals surface area (Å²) in [4.78, 5) is 18.0. The Balaban J connectivity index is 1.43. The number of rotatable bonds is 5. The van der Waals surface area contributed by atoms with Crippen LogP contribution in [0, 0.1) is 11.8 Å². The zero-order chi connectivity index (χ0) is 18.4. The van der Waals surface area contributed by atoms with Crippen molar-refractivity contribution in [3.8, 4) is 5.75 Å². The van der Waals surface area contributed by atoms with E-state index in [0.29, 0.717) is 13.2 Å². The van der Waals surface area contributed by atoms with Gasteiger partial charge in [-0.2, -0.15) is 0 Å². The lowest BCUT2D eigenvalue weighted by molar-refractivity contribution is -0.114. The number of guanidine groups is 1. The van der Waals surface area contributed by atoms with Gasteiger partial charge < -0.3 is 20.3 Å². The van der Waals surface area contributed by atoms with Gasteiger partial charge in [0, 0.05) is 38.8 Å². The first-order valence-electron chi connectivity index (χ1n) is 9.62. The van der Waals surface area contributed by atoms with Crippen molar-refractivity contribution in [1.82, 2.24) is 10.2 Å². The van der Waals surface area contributed by atoms with Gasteiger partial charge in [0.05, 0.1) is 6.54 Å². The van der Waals surface area contributed by atoms with Gasteiger partial charge in [0.15, 0.2) is 5.96 Å². The lowest BCUT2D eigenvalue weighted by Crippen LogP contribution is -2.41. The van der Waals surface area contributed by atoms with E-state index in [1.165, 1.54) is 32.6 Å². The molecule has 2 fully saturated rings. The first kappa shape index (κ1) is 18.5. The van der Waals surface area contributed by atoms with Gasteiger partial charge in [-0.05, 0) is 36.8 Å². The molecule has 1 amide bonds. The minimum atomic E-state index is -0.0844. The lowest BCUT2D eigenvalue weighted by atomic mass is 9.82. The van der Waals surface area contributed by atoms with E-state index in [-0.39, 0.29) is 5.91 Å². The van der Waals surface area contributed by atoms with Gasteiger partial charge in [0.1, 0.15) is 12.4 Å². The van der Waals surface area contributed by atoms with Gasteiger partial charge in [-0.15, -0.1) is 0 Å². The fraction of sp³-hybridized carbons (Fsp3) is 0.600. The van der Waals surface area contributed by atoms with E-state index in [9.17, 15) is 4.79 Å². The van der Waals surface area contributed by atoms with Crippen LogP contribution in [-0.4, -0.2) is 50.1 Å². The molecular weight excluding hydrogens is 328 g/mol. The highest BCUT2D eigenvalue weighted by Crippen LogP contribution is 2.35. The Bertz CT molecular complexity index is 632. The number of carbonyl (C=O) groups is 1. The number of anilines is 1. The number of ether oxygens (including phenoxy) is 1. The van der Waals surface area contributed by atoms with Crippen LogP contribution in [0.25, 0.3) is 0 Å². The van der Waals surface area contributed by atoms with Crippen molar-refractivity contribution in [3.05, 3.63) is 24.3 Å². The molecule has 1 saturated carbocycles. The number of aliphatic imine (C=N–C) groups is 1. The third-order valence-corrected chi connectivity index (χ3v) is 5.30. The minimum Gasteiger partial charge on any atom is -0.492 e. The van der Waals surface area contributed by atoms with Crippen molar-refractivity contribution in [3.63, 3.8) is 0 Å². The van der Waals surface area contributed by atoms with E-state index in [4.69, 9.17) is 4.74 Å². The second-order valence-electron chi connectivity index (χ2n) is 7.24. The average molecular weight is 358 g/mol. The van der Waals surface area contributed by atoms with Crippen LogP contribution < -0.4 is 15.4 Å². The van der Waals surface area contributed by atoms with Crippen LogP contribution in [0.2, 0.25) is 0 Å². The Morgan fingerprint density at radius 3 is 2.65 bits per heavy atom. The maximum atomic E-state index is 11.1. The Morgan fingerprint density at radius 1 is 1.27 bits per heavy atom. The molecule has 1 aromatic rings. The Hall–Kier alpha value is -2.24. The highest BCUT2D eigenvalue weighted by molar-refractivity contribution is 5.88. The van der Waals surface area contributed by atoms with Crippen LogP contribution in [0.1, 0.15) is 32.6 Å². The van der Waals surface area contributed by atoms with Gasteiger partial charge in [-0.25, -0.2) is 0 Å². The first-order chi connectivity index (χ1) is 12.7. The normalized spacial score (nSPS) is 22.7. The number of nitrogens with one attached hydrogen (secondary N) is 2. The lowest BCUT2D eigenvalue weighted by Gasteiger charge is -2.22. The highest BCUT2D eigenvalue weighted by Gasteiger charge is 2.35. The Morgan fingerprint density at radius 2 is 2.00 bits per heavy atom. The minimum absolute atomic E-state index is 0.0844. The molecule has 0 aromatic heterocycles. The molecule has 26 heavy (non-hydrogen) atoms. The van der Waals surface area contributed by atoms with Crippen molar-refractivity contribution < 1.29 is 9.53 Å². The van der Waals surface area contributed by atoms with Gasteiger partial charge in [-0.1, -0.05) is 18.9 Å². The maximum absolute atomic E-state index is 11.1. The number of nitrogens with zero attached hydrogens (tertiary/aromatic N) is 2. The van der Waals surface area contributed by atoms with E-state index in [0.717, 1.165) is 42.3 Å². The van der Waals surface area contributed by atoms with Gasteiger partial charge in [0.25, 0.3) is 0 Å². The summed E-state index contributed by atoms with van der Waals surface area (Å²) in [6, 6.07) is 7.45. The molecule has 1 saturated heterocycles. The fourth-order valence-corrected chi connectivity index (χ4v) is 4.11. The molecule has 2 atom stereocenters. The van der Waals surface area contributed by atoms with E-state index < -0.39 is 0 Å². The molecule has 6 nitrogen and oxygen atoms in total. The van der Waals surface area contributed by atoms with Crippen molar-refractivity contribution in [1.29, 1.82) is 0 Å². The Kier molecular flexibility index (Phi) is 6.36. The molecule has 0 bridgehead atoms. The summed E-state index contributed by atoms with van der Waals surface area (Å²) in [6.45, 7) is 5.00. The summed E-state index contributed by atoms with van der Waals surface area (Å²) in [6.07, 6.45) is 5.50. The number of benzene rings is 1. The zero-order valence-electron chi connectivity index (χ0n) is 15.8. The predicted molar refractivity (Wildman–Crippen MR) is 105 cm³/mol. The predicted octanol–water partition coefficient (Wildman–Crippen LogP) is 2.72. The molecule has 1 aliphatic heterocycles. The standard InChI is InChI=1S/C20H30N4O2/c1-15(25)23-18-8-5-9-19(12-18)26-11-10-22-20(21-2)24-13-16-6-3-4-7-17(16)14-24/h5,8-9,12,16-17H,3-4,6-7,10-11,13-14H2,1-2H3,(H,21,22)(H,23,25). The van der Waals surface area contributed by atoms with E-state index in [1.807, 2.05) is 31.3 Å². The number of likely N-dealkylation sites (tertiary alicyclic amines) is 1. The first-order valence-corrected chi connectivity index (χ1v) is 9.62. The van der Waals surface area contributed by atoms with Crippen molar-refractivity contribution in [2.45, 2.75) is 32.6 Å². The Labute approximate surface area is 156 Å². The summed E-state index contributed by atoms with van der Waals surface area (Å²) < 4.78 is 5.79. The number of amides is 1. The summed E-state index contributed by atoms with van der Waals surface area (Å²) in [5.74, 6) is 3.33. The van der Waals surface area contributed by atoms with E-state index in [2.05, 4.69) is 20.5 Å². The summed E-state index contributed by atoms with van der Waals surface area (Å²) in [5, 5.41) is 6.18. The van der Waals surface area contributed by atoms with Crippen LogP contribution in [0.15, 0.2) is 29.3 Å². The maximum Gasteiger partial charge on any atom is 0.221 e. The number of fused-ring (bicyclic) bond motifs is 1. The molecule has 2 N–H and O–H groups in total. The zero-order valence-corrected chi connectivity index (χ0v) is 15.8. The molecule has 1 heterocycles. The molecule has 2 aliphatic rings. The van der Waals surface area contributed by atoms with Crippen LogP contribution in [-0.2, 0) is 4.79 Å².